The van der Waals surface area contributed by atoms with Gasteiger partial charge in [-0.3, -0.25) is 0 Å². The lowest BCUT2D eigenvalue weighted by atomic mass is 9.86. The van der Waals surface area contributed by atoms with Crippen LogP contribution in [0.5, 0.6) is 0 Å². The Morgan fingerprint density at radius 3 is 2.67 bits per heavy atom. The van der Waals surface area contributed by atoms with E-state index >= 15 is 0 Å². The SMILES string of the molecule is Cc1ccccc1CC(CBr)CC1CCOCC1. The highest BCUT2D eigenvalue weighted by Crippen LogP contribution is 2.27. The van der Waals surface area contributed by atoms with Crippen LogP contribution < -0.4 is 0 Å². The van der Waals surface area contributed by atoms with Crippen LogP contribution >= 0.6 is 15.9 Å². The van der Waals surface area contributed by atoms with Crippen molar-refractivity contribution < 1.29 is 4.74 Å². The molecule has 0 N–H and O–H groups in total. The van der Waals surface area contributed by atoms with Crippen molar-refractivity contribution in [3.8, 4) is 0 Å². The lowest BCUT2D eigenvalue weighted by Gasteiger charge is -2.26. The highest BCUT2D eigenvalue weighted by atomic mass is 79.9. The van der Waals surface area contributed by atoms with E-state index in [-0.39, 0.29) is 0 Å². The fraction of sp³-hybridized carbons (Fsp3) is 0.625. The summed E-state index contributed by atoms with van der Waals surface area (Å²) in [6, 6.07) is 8.77. The maximum Gasteiger partial charge on any atom is 0.0468 e. The third-order valence-corrected chi connectivity index (χ3v) is 4.91. The molecule has 0 aromatic heterocycles. The van der Waals surface area contributed by atoms with E-state index in [0.717, 1.165) is 30.4 Å². The molecule has 0 radical (unpaired) electrons. The number of alkyl halides is 1. The smallest absolute Gasteiger partial charge is 0.0468 e. The van der Waals surface area contributed by atoms with Gasteiger partial charge in [0.15, 0.2) is 0 Å². The van der Waals surface area contributed by atoms with E-state index in [0.29, 0.717) is 0 Å². The second-order valence-corrected chi connectivity index (χ2v) is 6.09. The van der Waals surface area contributed by atoms with Crippen molar-refractivity contribution in [2.24, 2.45) is 11.8 Å². The number of hydrogen-bond donors (Lipinski definition) is 0. The fourth-order valence-corrected chi connectivity index (χ4v) is 3.30. The lowest BCUT2D eigenvalue weighted by Crippen LogP contribution is -2.20. The van der Waals surface area contributed by atoms with Gasteiger partial charge in [-0.15, -0.1) is 0 Å². The largest absolute Gasteiger partial charge is 0.381 e. The van der Waals surface area contributed by atoms with Crippen LogP contribution in [0.1, 0.15) is 30.4 Å². The molecular formula is C16H23BrO. The molecule has 1 nitrogen and oxygen atoms in total. The quantitative estimate of drug-likeness (QED) is 0.734. The Balaban J connectivity index is 1.90. The highest BCUT2D eigenvalue weighted by molar-refractivity contribution is 9.09. The normalized spacial score (nSPS) is 18.8. The molecule has 0 spiro atoms. The molecule has 1 atom stereocenters. The zero-order valence-corrected chi connectivity index (χ0v) is 12.8. The van der Waals surface area contributed by atoms with Gasteiger partial charge >= 0.3 is 0 Å². The van der Waals surface area contributed by atoms with E-state index < -0.39 is 0 Å². The van der Waals surface area contributed by atoms with Crippen LogP contribution in [0.3, 0.4) is 0 Å². The minimum atomic E-state index is 0.759. The summed E-state index contributed by atoms with van der Waals surface area (Å²) in [6.07, 6.45) is 5.03. The average molecular weight is 311 g/mol. The molecule has 1 aromatic rings. The number of ether oxygens (including phenoxy) is 1. The standard InChI is InChI=1S/C16H23BrO/c1-13-4-2-3-5-16(13)11-15(12-17)10-14-6-8-18-9-7-14/h2-5,14-15H,6-12H2,1H3. The van der Waals surface area contributed by atoms with Crippen LogP contribution in [-0.2, 0) is 11.2 Å². The van der Waals surface area contributed by atoms with Gasteiger partial charge in [0.1, 0.15) is 0 Å². The molecule has 1 heterocycles. The first kappa shape index (κ1) is 14.1. The van der Waals surface area contributed by atoms with Crippen molar-refractivity contribution >= 4 is 15.9 Å². The molecule has 1 unspecified atom stereocenters. The molecule has 1 aromatic carbocycles. The topological polar surface area (TPSA) is 9.23 Å². The molecule has 18 heavy (non-hydrogen) atoms. The third kappa shape index (κ3) is 4.10. The summed E-state index contributed by atoms with van der Waals surface area (Å²) in [6.45, 7) is 4.14. The first-order valence-corrected chi connectivity index (χ1v) is 8.10. The summed E-state index contributed by atoms with van der Waals surface area (Å²) in [5, 5.41) is 1.11. The van der Waals surface area contributed by atoms with E-state index in [1.165, 1.54) is 36.8 Å². The van der Waals surface area contributed by atoms with Gasteiger partial charge in [0.05, 0.1) is 0 Å². The Morgan fingerprint density at radius 2 is 2.00 bits per heavy atom. The molecule has 0 saturated carbocycles. The second kappa shape index (κ2) is 7.30. The molecule has 2 rings (SSSR count). The maximum absolute atomic E-state index is 5.44. The monoisotopic (exact) mass is 310 g/mol. The first-order chi connectivity index (χ1) is 8.79. The van der Waals surface area contributed by atoms with Crippen LogP contribution in [0.25, 0.3) is 0 Å². The van der Waals surface area contributed by atoms with Crippen LogP contribution in [0, 0.1) is 18.8 Å². The molecular weight excluding hydrogens is 288 g/mol. The van der Waals surface area contributed by atoms with E-state index in [9.17, 15) is 0 Å². The van der Waals surface area contributed by atoms with Gasteiger partial charge < -0.3 is 4.74 Å². The molecule has 1 aliphatic rings. The zero-order valence-electron chi connectivity index (χ0n) is 11.2. The van der Waals surface area contributed by atoms with E-state index in [2.05, 4.69) is 47.1 Å². The van der Waals surface area contributed by atoms with Crippen molar-refractivity contribution in [2.75, 3.05) is 18.5 Å². The van der Waals surface area contributed by atoms with Gasteiger partial charge in [0.2, 0.25) is 0 Å². The molecule has 1 fully saturated rings. The van der Waals surface area contributed by atoms with Crippen LogP contribution in [0.2, 0.25) is 0 Å². The van der Waals surface area contributed by atoms with Gasteiger partial charge in [0, 0.05) is 18.5 Å². The van der Waals surface area contributed by atoms with Gasteiger partial charge in [-0.1, -0.05) is 40.2 Å². The molecule has 100 valence electrons. The molecule has 0 aliphatic carbocycles. The number of hydrogen-bond acceptors (Lipinski definition) is 1. The van der Waals surface area contributed by atoms with Gasteiger partial charge in [-0.2, -0.15) is 0 Å². The van der Waals surface area contributed by atoms with E-state index in [1.807, 2.05) is 0 Å². The summed E-state index contributed by atoms with van der Waals surface area (Å²) >= 11 is 3.69. The van der Waals surface area contributed by atoms with Crippen molar-refractivity contribution in [2.45, 2.75) is 32.6 Å². The van der Waals surface area contributed by atoms with Gasteiger partial charge in [-0.05, 0) is 55.6 Å². The number of halogens is 1. The minimum Gasteiger partial charge on any atom is -0.381 e. The number of benzene rings is 1. The summed E-state index contributed by atoms with van der Waals surface area (Å²) in [5.41, 5.74) is 2.93. The summed E-state index contributed by atoms with van der Waals surface area (Å²) < 4.78 is 5.44. The van der Waals surface area contributed by atoms with Crippen molar-refractivity contribution in [1.29, 1.82) is 0 Å². The Kier molecular flexibility index (Phi) is 5.71. The van der Waals surface area contributed by atoms with Crippen molar-refractivity contribution in [3.05, 3.63) is 35.4 Å². The fourth-order valence-electron chi connectivity index (χ4n) is 2.80. The molecule has 0 bridgehead atoms. The van der Waals surface area contributed by atoms with Crippen LogP contribution in [0.15, 0.2) is 24.3 Å². The molecule has 0 amide bonds. The van der Waals surface area contributed by atoms with Crippen molar-refractivity contribution in [3.63, 3.8) is 0 Å². The first-order valence-electron chi connectivity index (χ1n) is 6.98. The molecule has 1 aliphatic heterocycles. The number of aryl methyl sites for hydroxylation is 1. The van der Waals surface area contributed by atoms with E-state index in [1.54, 1.807) is 0 Å². The zero-order chi connectivity index (χ0) is 12.8. The Labute approximate surface area is 119 Å². The van der Waals surface area contributed by atoms with Crippen molar-refractivity contribution in [1.82, 2.24) is 0 Å². The van der Waals surface area contributed by atoms with Gasteiger partial charge in [0.25, 0.3) is 0 Å². The van der Waals surface area contributed by atoms with E-state index in [4.69, 9.17) is 4.74 Å². The average Bonchev–Trinajstić information content (AvgIpc) is 2.41. The predicted molar refractivity (Wildman–Crippen MR) is 80.3 cm³/mol. The van der Waals surface area contributed by atoms with Gasteiger partial charge in [-0.25, -0.2) is 0 Å². The summed E-state index contributed by atoms with van der Waals surface area (Å²) in [5.74, 6) is 1.62. The third-order valence-electron chi connectivity index (χ3n) is 4.00. The number of rotatable bonds is 5. The predicted octanol–water partition coefficient (Wildman–Crippen LogP) is 4.37. The minimum absolute atomic E-state index is 0.759. The molecule has 1 saturated heterocycles. The van der Waals surface area contributed by atoms with Crippen LogP contribution in [0.4, 0.5) is 0 Å². The summed E-state index contributed by atoms with van der Waals surface area (Å²) in [4.78, 5) is 0. The Bertz CT molecular complexity index is 358. The highest BCUT2D eigenvalue weighted by Gasteiger charge is 2.19. The second-order valence-electron chi connectivity index (χ2n) is 5.44. The summed E-state index contributed by atoms with van der Waals surface area (Å²) in [7, 11) is 0. The lowest BCUT2D eigenvalue weighted by molar-refractivity contribution is 0.0596. The van der Waals surface area contributed by atoms with Crippen LogP contribution in [-0.4, -0.2) is 18.5 Å². The Morgan fingerprint density at radius 1 is 1.28 bits per heavy atom. The molecule has 2 heteroatoms. The maximum atomic E-state index is 5.44. The Hall–Kier alpha value is -0.340.